The van der Waals surface area contributed by atoms with E-state index in [1.807, 2.05) is 6.20 Å². The summed E-state index contributed by atoms with van der Waals surface area (Å²) in [5.74, 6) is 1.86. The van der Waals surface area contributed by atoms with Crippen LogP contribution in [-0.2, 0) is 4.79 Å². The number of anilines is 1. The van der Waals surface area contributed by atoms with Crippen LogP contribution in [0.1, 0.15) is 56.6 Å². The molecule has 0 aromatic carbocycles. The van der Waals surface area contributed by atoms with E-state index in [-0.39, 0.29) is 18.0 Å². The molecule has 0 spiro atoms. The Kier molecular flexibility index (Phi) is 5.50. The Morgan fingerprint density at radius 3 is 2.90 bits per heavy atom. The second kappa shape index (κ2) is 8.40. The first-order valence-electron chi connectivity index (χ1n) is 11.3. The molecule has 4 heterocycles. The third-order valence-electron chi connectivity index (χ3n) is 7.04. The molecule has 5 rings (SSSR count). The average molecular weight is 397 g/mol. The zero-order valence-electron chi connectivity index (χ0n) is 17.1. The second-order valence-electron chi connectivity index (χ2n) is 8.90. The normalized spacial score (nSPS) is 31.9. The largest absolute Gasteiger partial charge is 0.341 e. The number of amides is 1. The molecule has 0 radical (unpaired) electrons. The van der Waals surface area contributed by atoms with Crippen LogP contribution in [0.2, 0.25) is 0 Å². The lowest BCUT2D eigenvalue weighted by molar-refractivity contribution is -0.133. The molecular formula is C22H32N6O. The first-order chi connectivity index (χ1) is 14.3. The van der Waals surface area contributed by atoms with E-state index in [9.17, 15) is 4.79 Å². The molecule has 1 aromatic rings. The van der Waals surface area contributed by atoms with Crippen molar-refractivity contribution < 1.29 is 4.79 Å². The summed E-state index contributed by atoms with van der Waals surface area (Å²) < 4.78 is 0. The Bertz CT molecular complexity index is 761. The van der Waals surface area contributed by atoms with E-state index >= 15 is 0 Å². The van der Waals surface area contributed by atoms with Crippen LogP contribution in [0.15, 0.2) is 24.4 Å². The molecule has 156 valence electrons. The van der Waals surface area contributed by atoms with Gasteiger partial charge in [0.05, 0.1) is 11.7 Å². The molecule has 1 aliphatic carbocycles. The fourth-order valence-corrected chi connectivity index (χ4v) is 5.49. The Balaban J connectivity index is 1.31. The molecule has 1 aromatic heterocycles. The van der Waals surface area contributed by atoms with Crippen LogP contribution >= 0.6 is 0 Å². The van der Waals surface area contributed by atoms with Gasteiger partial charge in [0.15, 0.2) is 0 Å². The molecule has 29 heavy (non-hydrogen) atoms. The summed E-state index contributed by atoms with van der Waals surface area (Å²) in [6.07, 6.45) is 13.8. The van der Waals surface area contributed by atoms with E-state index in [1.165, 1.54) is 12.8 Å². The van der Waals surface area contributed by atoms with Crippen LogP contribution in [0.25, 0.3) is 0 Å². The molecule has 4 aliphatic rings. The Morgan fingerprint density at radius 2 is 2.07 bits per heavy atom. The highest BCUT2D eigenvalue weighted by atomic mass is 16.2. The van der Waals surface area contributed by atoms with Gasteiger partial charge in [0.1, 0.15) is 0 Å². The summed E-state index contributed by atoms with van der Waals surface area (Å²) in [6, 6.07) is 2.48. The summed E-state index contributed by atoms with van der Waals surface area (Å²) in [7, 11) is 0. The smallest absolute Gasteiger partial charge is 0.225 e. The molecule has 7 heteroatoms. The number of hydrogen-bond acceptors (Lipinski definition) is 6. The molecule has 3 saturated heterocycles. The molecule has 4 atom stereocenters. The number of carbonyl (C=O) groups excluding carboxylic acids is 1. The second-order valence-corrected chi connectivity index (χ2v) is 8.90. The van der Waals surface area contributed by atoms with Crippen LogP contribution in [0.3, 0.4) is 0 Å². The van der Waals surface area contributed by atoms with E-state index in [2.05, 4.69) is 43.9 Å². The topological polar surface area (TPSA) is 73.4 Å². The lowest BCUT2D eigenvalue weighted by Crippen LogP contribution is -2.50. The lowest BCUT2D eigenvalue weighted by atomic mass is 9.90. The number of hydrazine groups is 1. The minimum atomic E-state index is 0.196. The Labute approximate surface area is 172 Å². The molecule has 0 saturated carbocycles. The highest BCUT2D eigenvalue weighted by molar-refractivity contribution is 5.77. The zero-order chi connectivity index (χ0) is 19.6. The van der Waals surface area contributed by atoms with Crippen molar-refractivity contribution in [2.45, 2.75) is 62.9 Å². The fraction of sp³-hybridized carbons (Fsp3) is 0.682. The first kappa shape index (κ1) is 19.0. The van der Waals surface area contributed by atoms with Crippen LogP contribution in [-0.4, -0.2) is 59.0 Å². The standard InChI is InChI=1S/C22H32N6O/c29-20(14-16-6-1-2-7-16)28-13-5-8-19(28)21-17(15-24-26-21)18-9-10-23-22(25-18)27-11-3-4-12-27/h1,6,9-10,16-17,19,21,24,26H,2-5,7-8,11-15H2. The van der Waals surface area contributed by atoms with Crippen molar-refractivity contribution in [1.82, 2.24) is 25.7 Å². The quantitative estimate of drug-likeness (QED) is 0.742. The Hall–Kier alpha value is -1.99. The molecular weight excluding hydrogens is 364 g/mol. The maximum atomic E-state index is 13.1. The molecule has 1 amide bonds. The Morgan fingerprint density at radius 1 is 1.17 bits per heavy atom. The molecule has 4 unspecified atom stereocenters. The van der Waals surface area contributed by atoms with Crippen molar-refractivity contribution in [3.8, 4) is 0 Å². The van der Waals surface area contributed by atoms with E-state index in [4.69, 9.17) is 4.98 Å². The van der Waals surface area contributed by atoms with Gasteiger partial charge in [-0.1, -0.05) is 12.2 Å². The summed E-state index contributed by atoms with van der Waals surface area (Å²) >= 11 is 0. The molecule has 3 fully saturated rings. The third-order valence-corrected chi connectivity index (χ3v) is 7.04. The number of nitrogens with zero attached hydrogens (tertiary/aromatic N) is 4. The molecule has 7 nitrogen and oxygen atoms in total. The first-order valence-corrected chi connectivity index (χ1v) is 11.3. The highest BCUT2D eigenvalue weighted by Crippen LogP contribution is 2.32. The van der Waals surface area contributed by atoms with Crippen molar-refractivity contribution in [1.29, 1.82) is 0 Å². The predicted molar refractivity (Wildman–Crippen MR) is 112 cm³/mol. The van der Waals surface area contributed by atoms with Gasteiger partial charge in [-0.3, -0.25) is 15.6 Å². The summed E-state index contributed by atoms with van der Waals surface area (Å²) in [5.41, 5.74) is 7.91. The SMILES string of the molecule is O=C(CC1C=CCC1)N1CCCC1C1NNCC1c1ccnc(N2CCCC2)n1. The molecule has 2 N–H and O–H groups in total. The number of carbonyl (C=O) groups is 1. The van der Waals surface area contributed by atoms with Crippen molar-refractivity contribution in [2.24, 2.45) is 5.92 Å². The van der Waals surface area contributed by atoms with Crippen LogP contribution in [0.4, 0.5) is 5.95 Å². The number of allylic oxidation sites excluding steroid dienone is 2. The number of hydrogen-bond donors (Lipinski definition) is 2. The average Bonchev–Trinajstić information content (AvgIpc) is 3.55. The molecule has 3 aliphatic heterocycles. The molecule has 0 bridgehead atoms. The van der Waals surface area contributed by atoms with E-state index in [1.54, 1.807) is 0 Å². The summed E-state index contributed by atoms with van der Waals surface area (Å²) in [4.78, 5) is 26.9. The van der Waals surface area contributed by atoms with Gasteiger partial charge in [-0.25, -0.2) is 9.97 Å². The van der Waals surface area contributed by atoms with Gasteiger partial charge < -0.3 is 9.80 Å². The van der Waals surface area contributed by atoms with Crippen LogP contribution in [0, 0.1) is 5.92 Å². The van der Waals surface area contributed by atoms with Gasteiger partial charge in [0, 0.05) is 50.8 Å². The van der Waals surface area contributed by atoms with Gasteiger partial charge in [-0.2, -0.15) is 0 Å². The van der Waals surface area contributed by atoms with E-state index in [0.717, 1.165) is 63.5 Å². The highest BCUT2D eigenvalue weighted by Gasteiger charge is 2.42. The van der Waals surface area contributed by atoms with Gasteiger partial charge in [-0.05, 0) is 50.5 Å². The van der Waals surface area contributed by atoms with Gasteiger partial charge in [0.25, 0.3) is 0 Å². The zero-order valence-corrected chi connectivity index (χ0v) is 17.1. The number of nitrogens with one attached hydrogen (secondary N) is 2. The van der Waals surface area contributed by atoms with Gasteiger partial charge >= 0.3 is 0 Å². The number of aromatic nitrogens is 2. The van der Waals surface area contributed by atoms with E-state index < -0.39 is 0 Å². The number of rotatable bonds is 5. The summed E-state index contributed by atoms with van der Waals surface area (Å²) in [5, 5.41) is 0. The maximum absolute atomic E-state index is 13.1. The van der Waals surface area contributed by atoms with E-state index in [0.29, 0.717) is 18.2 Å². The maximum Gasteiger partial charge on any atom is 0.225 e. The van der Waals surface area contributed by atoms with Crippen LogP contribution in [0.5, 0.6) is 0 Å². The van der Waals surface area contributed by atoms with Crippen LogP contribution < -0.4 is 15.8 Å². The van der Waals surface area contributed by atoms with Crippen molar-refractivity contribution in [3.05, 3.63) is 30.1 Å². The fourth-order valence-electron chi connectivity index (χ4n) is 5.49. The minimum absolute atomic E-state index is 0.196. The minimum Gasteiger partial charge on any atom is -0.341 e. The lowest BCUT2D eigenvalue weighted by Gasteiger charge is -2.33. The number of likely N-dealkylation sites (tertiary alicyclic amines) is 1. The van der Waals surface area contributed by atoms with Gasteiger partial charge in [-0.15, -0.1) is 0 Å². The van der Waals surface area contributed by atoms with Crippen molar-refractivity contribution in [3.63, 3.8) is 0 Å². The third kappa shape index (κ3) is 3.90. The van der Waals surface area contributed by atoms with Crippen molar-refractivity contribution >= 4 is 11.9 Å². The van der Waals surface area contributed by atoms with Gasteiger partial charge in [0.2, 0.25) is 11.9 Å². The summed E-state index contributed by atoms with van der Waals surface area (Å²) in [6.45, 7) is 3.82. The predicted octanol–water partition coefficient (Wildman–Crippen LogP) is 1.98. The monoisotopic (exact) mass is 396 g/mol. The van der Waals surface area contributed by atoms with Crippen molar-refractivity contribution in [2.75, 3.05) is 31.1 Å².